The van der Waals surface area contributed by atoms with E-state index in [-0.39, 0.29) is 36.3 Å². The van der Waals surface area contributed by atoms with Gasteiger partial charge < -0.3 is 15.2 Å². The van der Waals surface area contributed by atoms with Crippen LogP contribution in [0.25, 0.3) is 11.1 Å². The van der Waals surface area contributed by atoms with E-state index in [1.165, 1.54) is 22.3 Å². The van der Waals surface area contributed by atoms with Crippen molar-refractivity contribution in [1.29, 1.82) is 0 Å². The lowest BCUT2D eigenvalue weighted by molar-refractivity contribution is -0.131. The molecule has 1 aliphatic carbocycles. The maximum atomic E-state index is 13.4. The average molecular weight is 736 g/mol. The van der Waals surface area contributed by atoms with E-state index >= 15 is 0 Å². The number of carbonyl (C=O) groups is 1. The number of fused-ring (bicyclic) bond motifs is 1. The van der Waals surface area contributed by atoms with E-state index in [0.717, 1.165) is 39.2 Å². The summed E-state index contributed by atoms with van der Waals surface area (Å²) in [4.78, 5) is 17.8. The number of amides is 1. The molecule has 0 radical (unpaired) electrons. The molecule has 1 aromatic heterocycles. The number of aliphatic hydroxyl groups excluding tert-OH is 1. The Labute approximate surface area is 252 Å². The van der Waals surface area contributed by atoms with E-state index in [1.807, 2.05) is 12.1 Å². The Morgan fingerprint density at radius 1 is 1.13 bits per heavy atom. The number of hydrogen-bond donors (Lipinski definition) is 2. The summed E-state index contributed by atoms with van der Waals surface area (Å²) in [5, 5.41) is 13.6. The number of rotatable bonds is 8. The van der Waals surface area contributed by atoms with Gasteiger partial charge in [-0.2, -0.15) is 0 Å². The lowest BCUT2D eigenvalue weighted by Gasteiger charge is -2.48. The number of ether oxygens (including phenoxy) is 1. The Balaban J connectivity index is 1.64. The molecule has 1 aliphatic heterocycles. The molecular formula is C31H34I2N2O3. The van der Waals surface area contributed by atoms with Crippen LogP contribution in [0.5, 0.6) is 5.88 Å². The minimum atomic E-state index is -0.440. The van der Waals surface area contributed by atoms with Crippen LogP contribution in [-0.4, -0.2) is 35.8 Å². The van der Waals surface area contributed by atoms with E-state index in [2.05, 4.69) is 105 Å². The molecule has 1 saturated heterocycles. The maximum absolute atomic E-state index is 13.4. The molecule has 0 spiro atoms. The first kappa shape index (κ1) is 27.8. The predicted octanol–water partition coefficient (Wildman–Crippen LogP) is 6.79. The maximum Gasteiger partial charge on any atom is 0.226 e. The lowest BCUT2D eigenvalue weighted by atomic mass is 9.54. The fraction of sp³-hybridized carbons (Fsp3) is 0.419. The summed E-state index contributed by atoms with van der Waals surface area (Å²) in [6.45, 7) is 2.10. The van der Waals surface area contributed by atoms with Crippen LogP contribution in [0.3, 0.4) is 0 Å². The van der Waals surface area contributed by atoms with Gasteiger partial charge in [0.25, 0.3) is 0 Å². The van der Waals surface area contributed by atoms with Gasteiger partial charge in [-0.15, -0.1) is 0 Å². The number of aromatic nitrogens is 1. The molecule has 2 heterocycles. The van der Waals surface area contributed by atoms with E-state index in [1.54, 1.807) is 13.3 Å². The topological polar surface area (TPSA) is 71.5 Å². The zero-order valence-corrected chi connectivity index (χ0v) is 26.1. The van der Waals surface area contributed by atoms with Gasteiger partial charge in [0.05, 0.1) is 25.2 Å². The van der Waals surface area contributed by atoms with Crippen LogP contribution >= 0.6 is 45.2 Å². The zero-order valence-electron chi connectivity index (χ0n) is 21.8. The van der Waals surface area contributed by atoms with Crippen molar-refractivity contribution in [2.45, 2.75) is 52.9 Å². The molecule has 2 aromatic carbocycles. The number of hydrogen-bond acceptors (Lipinski definition) is 4. The van der Waals surface area contributed by atoms with Gasteiger partial charge in [-0.05, 0) is 77.1 Å². The Morgan fingerprint density at radius 2 is 1.92 bits per heavy atom. The molecule has 0 unspecified atom stereocenters. The lowest BCUT2D eigenvalue weighted by Crippen LogP contribution is -2.45. The molecule has 5 rings (SSSR count). The number of halogens is 2. The number of methoxy groups -OCH3 is 1. The molecule has 200 valence electrons. The van der Waals surface area contributed by atoms with Crippen molar-refractivity contribution in [2.75, 3.05) is 13.7 Å². The highest BCUT2D eigenvalue weighted by atomic mass is 127. The SMILES string of the molecule is CC[C@@]12CC[C@@H](c3ccc(-c4cccnc4OC)cc3CI)[C@H](c3ccc(CI)cc3)[C@@H]1[C@@H](CO)NC2=O. The standard InChI is InChI=1S/C31H34I2N2O3/c1-3-31-13-12-25(23-11-10-21(15-22(23)17-33)24-5-4-14-34-29(24)38-2)27(20-8-6-19(16-32)7-9-20)28(31)26(18-36)35-30(31)37/h4-11,14-15,25-28,36H,3,12-13,16-18H2,1-2H3,(H,35,37)/t25-,26+,27-,28-,31+/m0/s1. The molecule has 1 amide bonds. The van der Waals surface area contributed by atoms with Gasteiger partial charge in [-0.1, -0.05) is 88.5 Å². The fourth-order valence-electron chi connectivity index (χ4n) is 7.03. The van der Waals surface area contributed by atoms with Crippen molar-refractivity contribution < 1.29 is 14.6 Å². The Kier molecular flexibility index (Phi) is 8.64. The fourth-order valence-corrected chi connectivity index (χ4v) is 8.20. The first-order valence-electron chi connectivity index (χ1n) is 13.3. The van der Waals surface area contributed by atoms with Crippen LogP contribution in [0.4, 0.5) is 0 Å². The highest BCUT2D eigenvalue weighted by Gasteiger charge is 2.60. The average Bonchev–Trinajstić information content (AvgIpc) is 3.28. The van der Waals surface area contributed by atoms with Crippen LogP contribution in [0.1, 0.15) is 60.3 Å². The third kappa shape index (κ3) is 4.76. The van der Waals surface area contributed by atoms with Crippen LogP contribution in [0.15, 0.2) is 60.8 Å². The van der Waals surface area contributed by atoms with Crippen molar-refractivity contribution in [3.8, 4) is 17.0 Å². The van der Waals surface area contributed by atoms with Gasteiger partial charge in [-0.25, -0.2) is 4.98 Å². The third-order valence-electron chi connectivity index (χ3n) is 8.87. The molecule has 5 nitrogen and oxygen atoms in total. The zero-order chi connectivity index (χ0) is 26.9. The van der Waals surface area contributed by atoms with Gasteiger partial charge >= 0.3 is 0 Å². The summed E-state index contributed by atoms with van der Waals surface area (Å²) in [6.07, 6.45) is 4.31. The number of carbonyl (C=O) groups excluding carboxylic acids is 1. The van der Waals surface area contributed by atoms with Gasteiger partial charge in [0, 0.05) is 26.5 Å². The molecule has 38 heavy (non-hydrogen) atoms. The molecule has 2 aliphatic rings. The van der Waals surface area contributed by atoms with E-state index < -0.39 is 5.41 Å². The van der Waals surface area contributed by atoms with Gasteiger partial charge in [0.1, 0.15) is 0 Å². The molecule has 2 N–H and O–H groups in total. The van der Waals surface area contributed by atoms with Crippen LogP contribution in [-0.2, 0) is 13.6 Å². The summed E-state index contributed by atoms with van der Waals surface area (Å²) in [6, 6.07) is 19.5. The van der Waals surface area contributed by atoms with Gasteiger partial charge in [-0.3, -0.25) is 4.79 Å². The highest BCUT2D eigenvalue weighted by molar-refractivity contribution is 14.1. The van der Waals surface area contributed by atoms with Crippen molar-refractivity contribution >= 4 is 51.1 Å². The summed E-state index contributed by atoms with van der Waals surface area (Å²) >= 11 is 4.86. The van der Waals surface area contributed by atoms with Gasteiger partial charge in [0.15, 0.2) is 0 Å². The van der Waals surface area contributed by atoms with Crippen LogP contribution < -0.4 is 10.1 Å². The van der Waals surface area contributed by atoms with E-state index in [4.69, 9.17) is 4.74 Å². The second-order valence-corrected chi connectivity index (χ2v) is 12.0. The largest absolute Gasteiger partial charge is 0.481 e. The number of aliphatic hydroxyl groups is 1. The molecule has 5 atom stereocenters. The molecule has 7 heteroatoms. The summed E-state index contributed by atoms with van der Waals surface area (Å²) in [5.74, 6) is 1.16. The minimum absolute atomic E-state index is 0.0356. The van der Waals surface area contributed by atoms with Crippen LogP contribution in [0, 0.1) is 11.3 Å². The predicted molar refractivity (Wildman–Crippen MR) is 168 cm³/mol. The number of nitrogens with zero attached hydrogens (tertiary/aromatic N) is 1. The second kappa shape index (κ2) is 11.8. The highest BCUT2D eigenvalue weighted by Crippen LogP contribution is 2.60. The summed E-state index contributed by atoms with van der Waals surface area (Å²) < 4.78 is 7.39. The Hall–Kier alpha value is -1.72. The third-order valence-corrected chi connectivity index (χ3v) is 10.6. The quantitative estimate of drug-likeness (QED) is 0.198. The number of benzene rings is 2. The van der Waals surface area contributed by atoms with Crippen molar-refractivity contribution in [1.82, 2.24) is 10.3 Å². The monoisotopic (exact) mass is 736 g/mol. The van der Waals surface area contributed by atoms with E-state index in [0.29, 0.717) is 5.88 Å². The van der Waals surface area contributed by atoms with Crippen LogP contribution in [0.2, 0.25) is 0 Å². The van der Waals surface area contributed by atoms with Gasteiger partial charge in [0.2, 0.25) is 11.8 Å². The summed E-state index contributed by atoms with van der Waals surface area (Å²) in [5.41, 5.74) is 6.84. The minimum Gasteiger partial charge on any atom is -0.481 e. The second-order valence-electron chi connectivity index (χ2n) is 10.5. The molecule has 0 bridgehead atoms. The smallest absolute Gasteiger partial charge is 0.226 e. The van der Waals surface area contributed by atoms with Crippen molar-refractivity contribution in [3.63, 3.8) is 0 Å². The molecular weight excluding hydrogens is 702 g/mol. The Bertz CT molecular complexity index is 1300. The molecule has 3 aromatic rings. The van der Waals surface area contributed by atoms with E-state index in [9.17, 15) is 9.90 Å². The first-order chi connectivity index (χ1) is 18.5. The number of pyridine rings is 1. The summed E-state index contributed by atoms with van der Waals surface area (Å²) in [7, 11) is 1.66. The van der Waals surface area contributed by atoms with Crippen molar-refractivity contribution in [3.05, 3.63) is 83.0 Å². The molecule has 2 fully saturated rings. The number of alkyl halides is 2. The Morgan fingerprint density at radius 3 is 2.58 bits per heavy atom. The normalized spacial score (nSPS) is 26.6. The first-order valence-corrected chi connectivity index (χ1v) is 16.3. The molecule has 1 saturated carbocycles. The van der Waals surface area contributed by atoms with Crippen molar-refractivity contribution in [2.24, 2.45) is 11.3 Å². The number of nitrogens with one attached hydrogen (secondary N) is 1.